The SMILES string of the molecule is N#Cc1ccc(NC(=O)OCC2CCNCC2)cc1. The van der Waals surface area contributed by atoms with E-state index in [-0.39, 0.29) is 0 Å². The van der Waals surface area contributed by atoms with Crippen LogP contribution in [0.2, 0.25) is 0 Å². The van der Waals surface area contributed by atoms with Crippen LogP contribution in [0.25, 0.3) is 0 Å². The van der Waals surface area contributed by atoms with Crippen LogP contribution < -0.4 is 10.6 Å². The Balaban J connectivity index is 1.75. The van der Waals surface area contributed by atoms with E-state index in [1.807, 2.05) is 6.07 Å². The number of anilines is 1. The van der Waals surface area contributed by atoms with Crippen molar-refractivity contribution in [2.75, 3.05) is 25.0 Å². The van der Waals surface area contributed by atoms with Crippen molar-refractivity contribution in [1.29, 1.82) is 5.26 Å². The molecule has 1 amide bonds. The summed E-state index contributed by atoms with van der Waals surface area (Å²) in [6, 6.07) is 8.71. The number of hydrogen-bond acceptors (Lipinski definition) is 4. The van der Waals surface area contributed by atoms with Crippen LogP contribution in [0.4, 0.5) is 10.5 Å². The smallest absolute Gasteiger partial charge is 0.411 e. The summed E-state index contributed by atoms with van der Waals surface area (Å²) in [6.07, 6.45) is 1.65. The van der Waals surface area contributed by atoms with Gasteiger partial charge in [0.15, 0.2) is 0 Å². The number of piperidine rings is 1. The number of carbonyl (C=O) groups excluding carboxylic acids is 1. The third-order valence-corrected chi connectivity index (χ3v) is 3.17. The Morgan fingerprint density at radius 2 is 2.05 bits per heavy atom. The summed E-state index contributed by atoms with van der Waals surface area (Å²) in [5, 5.41) is 14.6. The largest absolute Gasteiger partial charge is 0.449 e. The molecule has 19 heavy (non-hydrogen) atoms. The average molecular weight is 259 g/mol. The molecular weight excluding hydrogens is 242 g/mol. The Labute approximate surface area is 112 Å². The zero-order valence-electron chi connectivity index (χ0n) is 10.7. The number of nitrogens with one attached hydrogen (secondary N) is 2. The molecule has 0 radical (unpaired) electrons. The second-order valence-electron chi connectivity index (χ2n) is 4.61. The van der Waals surface area contributed by atoms with E-state index >= 15 is 0 Å². The van der Waals surface area contributed by atoms with E-state index in [4.69, 9.17) is 10.00 Å². The summed E-state index contributed by atoms with van der Waals surface area (Å²) in [4.78, 5) is 11.6. The molecular formula is C14H17N3O2. The van der Waals surface area contributed by atoms with Gasteiger partial charge in [-0.2, -0.15) is 5.26 Å². The Morgan fingerprint density at radius 1 is 1.37 bits per heavy atom. The average Bonchev–Trinajstić information content (AvgIpc) is 2.47. The molecule has 0 saturated carbocycles. The van der Waals surface area contributed by atoms with Crippen molar-refractivity contribution < 1.29 is 9.53 Å². The Morgan fingerprint density at radius 3 is 2.68 bits per heavy atom. The van der Waals surface area contributed by atoms with Gasteiger partial charge in [-0.1, -0.05) is 0 Å². The van der Waals surface area contributed by atoms with E-state index in [0.29, 0.717) is 23.8 Å². The minimum Gasteiger partial charge on any atom is -0.449 e. The van der Waals surface area contributed by atoms with Gasteiger partial charge in [0.1, 0.15) is 0 Å². The van der Waals surface area contributed by atoms with Crippen LogP contribution in [0.15, 0.2) is 24.3 Å². The lowest BCUT2D eigenvalue weighted by Crippen LogP contribution is -2.31. The van der Waals surface area contributed by atoms with Crippen molar-refractivity contribution in [3.63, 3.8) is 0 Å². The summed E-state index contributed by atoms with van der Waals surface area (Å²) in [7, 11) is 0. The maximum Gasteiger partial charge on any atom is 0.411 e. The highest BCUT2D eigenvalue weighted by Gasteiger charge is 2.15. The molecule has 1 aliphatic heterocycles. The Bertz CT molecular complexity index is 459. The predicted octanol–water partition coefficient (Wildman–Crippen LogP) is 2.11. The molecule has 0 atom stereocenters. The number of carbonyl (C=O) groups is 1. The number of rotatable bonds is 3. The lowest BCUT2D eigenvalue weighted by atomic mass is 9.99. The quantitative estimate of drug-likeness (QED) is 0.871. The van der Waals surface area contributed by atoms with E-state index in [2.05, 4.69) is 10.6 Å². The molecule has 2 N–H and O–H groups in total. The minimum atomic E-state index is -0.441. The van der Waals surface area contributed by atoms with Gasteiger partial charge in [-0.05, 0) is 56.1 Å². The second kappa shape index (κ2) is 6.76. The lowest BCUT2D eigenvalue weighted by Gasteiger charge is -2.22. The molecule has 1 aliphatic rings. The van der Waals surface area contributed by atoms with Crippen molar-refractivity contribution in [1.82, 2.24) is 5.32 Å². The van der Waals surface area contributed by atoms with Gasteiger partial charge in [0, 0.05) is 5.69 Å². The van der Waals surface area contributed by atoms with Crippen LogP contribution in [0.1, 0.15) is 18.4 Å². The van der Waals surface area contributed by atoms with Gasteiger partial charge in [0.25, 0.3) is 0 Å². The van der Waals surface area contributed by atoms with E-state index in [1.54, 1.807) is 24.3 Å². The van der Waals surface area contributed by atoms with Crippen molar-refractivity contribution >= 4 is 11.8 Å². The standard InChI is InChI=1S/C14H17N3O2/c15-9-11-1-3-13(4-2-11)17-14(18)19-10-12-5-7-16-8-6-12/h1-4,12,16H,5-8,10H2,(H,17,18). The van der Waals surface area contributed by atoms with Gasteiger partial charge in [-0.25, -0.2) is 4.79 Å². The van der Waals surface area contributed by atoms with Crippen molar-refractivity contribution in [2.24, 2.45) is 5.92 Å². The van der Waals surface area contributed by atoms with Gasteiger partial charge in [0.2, 0.25) is 0 Å². The number of benzene rings is 1. The molecule has 1 fully saturated rings. The summed E-state index contributed by atoms with van der Waals surface area (Å²) >= 11 is 0. The van der Waals surface area contributed by atoms with Crippen LogP contribution in [0, 0.1) is 17.2 Å². The second-order valence-corrected chi connectivity index (χ2v) is 4.61. The van der Waals surface area contributed by atoms with E-state index in [9.17, 15) is 4.79 Å². The summed E-state index contributed by atoms with van der Waals surface area (Å²) < 4.78 is 5.20. The normalized spacial score (nSPS) is 15.5. The zero-order chi connectivity index (χ0) is 13.5. The van der Waals surface area contributed by atoms with Crippen molar-refractivity contribution in [3.8, 4) is 6.07 Å². The lowest BCUT2D eigenvalue weighted by molar-refractivity contribution is 0.131. The molecule has 100 valence electrons. The monoisotopic (exact) mass is 259 g/mol. The van der Waals surface area contributed by atoms with Gasteiger partial charge >= 0.3 is 6.09 Å². The number of nitrogens with zero attached hydrogens (tertiary/aromatic N) is 1. The molecule has 2 rings (SSSR count). The van der Waals surface area contributed by atoms with Crippen LogP contribution in [0.5, 0.6) is 0 Å². The molecule has 1 aromatic carbocycles. The fourth-order valence-corrected chi connectivity index (χ4v) is 2.02. The molecule has 1 heterocycles. The number of nitriles is 1. The molecule has 0 aromatic heterocycles. The summed E-state index contributed by atoms with van der Waals surface area (Å²) in [5.41, 5.74) is 1.20. The molecule has 5 nitrogen and oxygen atoms in total. The molecule has 1 saturated heterocycles. The topological polar surface area (TPSA) is 74.2 Å². The number of hydrogen-bond donors (Lipinski definition) is 2. The van der Waals surface area contributed by atoms with E-state index < -0.39 is 6.09 Å². The number of ether oxygens (including phenoxy) is 1. The highest BCUT2D eigenvalue weighted by atomic mass is 16.5. The van der Waals surface area contributed by atoms with Gasteiger partial charge < -0.3 is 10.1 Å². The molecule has 0 bridgehead atoms. The third-order valence-electron chi connectivity index (χ3n) is 3.17. The molecule has 0 unspecified atom stereocenters. The first kappa shape index (κ1) is 13.4. The van der Waals surface area contributed by atoms with Gasteiger partial charge in [-0.3, -0.25) is 5.32 Å². The van der Waals surface area contributed by atoms with Crippen LogP contribution in [0.3, 0.4) is 0 Å². The zero-order valence-corrected chi connectivity index (χ0v) is 10.7. The summed E-state index contributed by atoms with van der Waals surface area (Å²) in [5.74, 6) is 0.452. The van der Waals surface area contributed by atoms with Crippen LogP contribution in [-0.2, 0) is 4.74 Å². The van der Waals surface area contributed by atoms with Crippen molar-refractivity contribution in [2.45, 2.75) is 12.8 Å². The molecule has 0 spiro atoms. The first-order valence-corrected chi connectivity index (χ1v) is 6.42. The fourth-order valence-electron chi connectivity index (χ4n) is 2.02. The van der Waals surface area contributed by atoms with E-state index in [0.717, 1.165) is 25.9 Å². The Hall–Kier alpha value is -2.06. The first-order valence-electron chi connectivity index (χ1n) is 6.42. The molecule has 0 aliphatic carbocycles. The maximum atomic E-state index is 11.6. The predicted molar refractivity (Wildman–Crippen MR) is 71.7 cm³/mol. The highest BCUT2D eigenvalue weighted by molar-refractivity contribution is 5.84. The maximum absolute atomic E-state index is 11.6. The third kappa shape index (κ3) is 4.27. The van der Waals surface area contributed by atoms with Gasteiger partial charge in [0.05, 0.1) is 18.2 Å². The van der Waals surface area contributed by atoms with Crippen LogP contribution in [-0.4, -0.2) is 25.8 Å². The molecule has 1 aromatic rings. The highest BCUT2D eigenvalue weighted by Crippen LogP contribution is 2.13. The van der Waals surface area contributed by atoms with Crippen molar-refractivity contribution in [3.05, 3.63) is 29.8 Å². The summed E-state index contributed by atoms with van der Waals surface area (Å²) in [6.45, 7) is 2.44. The number of amides is 1. The Kier molecular flexibility index (Phi) is 4.76. The first-order chi connectivity index (χ1) is 9.28. The van der Waals surface area contributed by atoms with E-state index in [1.165, 1.54) is 0 Å². The van der Waals surface area contributed by atoms with Crippen LogP contribution >= 0.6 is 0 Å². The molecule has 5 heteroatoms. The van der Waals surface area contributed by atoms with Gasteiger partial charge in [-0.15, -0.1) is 0 Å². The minimum absolute atomic E-state index is 0.441. The fraction of sp³-hybridized carbons (Fsp3) is 0.429.